The molecule has 3 rings (SSSR count). The maximum absolute atomic E-state index is 13.4. The third-order valence-electron chi connectivity index (χ3n) is 5.09. The number of carbonyl (C=O) groups excluding carboxylic acids is 3. The molecule has 1 aromatic carbocycles. The lowest BCUT2D eigenvalue weighted by Gasteiger charge is -2.35. The Kier molecular flexibility index (Phi) is 5.90. The summed E-state index contributed by atoms with van der Waals surface area (Å²) in [6.07, 6.45) is -0.492. The average molecular weight is 426 g/mol. The van der Waals surface area contributed by atoms with Gasteiger partial charge in [-0.25, -0.2) is 27.7 Å². The Labute approximate surface area is 170 Å². The zero-order chi connectivity index (χ0) is 22.2. The summed E-state index contributed by atoms with van der Waals surface area (Å²) in [7, 11) is 0. The van der Waals surface area contributed by atoms with E-state index in [1.165, 1.54) is 4.90 Å². The van der Waals surface area contributed by atoms with Gasteiger partial charge in [-0.15, -0.1) is 0 Å². The normalized spacial score (nSPS) is 21.7. The van der Waals surface area contributed by atoms with Gasteiger partial charge in [0.1, 0.15) is 6.10 Å². The first-order chi connectivity index (χ1) is 14.1. The maximum Gasteiger partial charge on any atom is 0.417 e. The number of rotatable bonds is 3. The van der Waals surface area contributed by atoms with Crippen LogP contribution in [0.4, 0.5) is 28.4 Å². The number of hydrogen-bond acceptors (Lipinski definition) is 5. The summed E-state index contributed by atoms with van der Waals surface area (Å²) in [5.41, 5.74) is 6.02. The molecule has 30 heavy (non-hydrogen) atoms. The van der Waals surface area contributed by atoms with Crippen molar-refractivity contribution in [2.75, 3.05) is 18.4 Å². The maximum atomic E-state index is 13.4. The second-order valence-corrected chi connectivity index (χ2v) is 7.20. The molecule has 0 bridgehead atoms. The minimum absolute atomic E-state index is 0.0634. The van der Waals surface area contributed by atoms with Gasteiger partial charge in [-0.1, -0.05) is 6.92 Å². The summed E-state index contributed by atoms with van der Waals surface area (Å²) in [5, 5.41) is 2.28. The first kappa shape index (κ1) is 21.5. The average Bonchev–Trinajstić information content (AvgIpc) is 3.06. The van der Waals surface area contributed by atoms with Gasteiger partial charge in [0.25, 0.3) is 5.91 Å². The number of anilines is 1. The molecule has 1 saturated heterocycles. The standard InChI is InChI=1S/C19H21F3N4O4/c1-3-11-7-26(19(29)30-11)17(27)12-8-25(9(2)4-15(12)23)18(28)24-10-5-13(20)16(22)14(21)6-10/h5-6,9,11H,3-4,7-8,23H2,1-2H3,(H,24,28)/t9-,11-/m0/s1. The number of nitrogens with two attached hydrogens (primary N) is 1. The molecule has 0 unspecified atom stereocenters. The van der Waals surface area contributed by atoms with Gasteiger partial charge in [0.15, 0.2) is 17.5 Å². The molecular formula is C19H21F3N4O4. The topological polar surface area (TPSA) is 105 Å². The highest BCUT2D eigenvalue weighted by Crippen LogP contribution is 2.25. The number of ether oxygens (including phenoxy) is 1. The molecule has 8 nitrogen and oxygen atoms in total. The molecule has 0 spiro atoms. The van der Waals surface area contributed by atoms with Gasteiger partial charge in [-0.3, -0.25) is 4.79 Å². The Hall–Kier alpha value is -3.24. The van der Waals surface area contributed by atoms with E-state index in [2.05, 4.69) is 5.32 Å². The molecule has 162 valence electrons. The lowest BCUT2D eigenvalue weighted by atomic mass is 9.99. The number of carbonyl (C=O) groups is 3. The molecule has 0 saturated carbocycles. The molecule has 2 atom stereocenters. The summed E-state index contributed by atoms with van der Waals surface area (Å²) in [4.78, 5) is 39.6. The molecule has 0 aliphatic carbocycles. The number of nitrogens with zero attached hydrogens (tertiary/aromatic N) is 2. The number of imide groups is 1. The quantitative estimate of drug-likeness (QED) is 0.723. The summed E-state index contributed by atoms with van der Waals surface area (Å²) in [6.45, 7) is 3.36. The summed E-state index contributed by atoms with van der Waals surface area (Å²) in [6, 6.07) is 0.0882. The van der Waals surface area contributed by atoms with Gasteiger partial charge < -0.3 is 20.7 Å². The highest BCUT2D eigenvalue weighted by molar-refractivity contribution is 6.04. The first-order valence-electron chi connectivity index (χ1n) is 9.34. The van der Waals surface area contributed by atoms with Crippen molar-refractivity contribution in [1.82, 2.24) is 9.80 Å². The lowest BCUT2D eigenvalue weighted by molar-refractivity contribution is -0.124. The van der Waals surface area contributed by atoms with Crippen LogP contribution in [0.25, 0.3) is 0 Å². The van der Waals surface area contributed by atoms with Crippen molar-refractivity contribution < 1.29 is 32.3 Å². The number of cyclic esters (lactones) is 1. The Morgan fingerprint density at radius 3 is 2.47 bits per heavy atom. The molecule has 1 aromatic rings. The van der Waals surface area contributed by atoms with Gasteiger partial charge in [0, 0.05) is 36.0 Å². The fraction of sp³-hybridized carbons (Fsp3) is 0.421. The molecular weight excluding hydrogens is 405 g/mol. The van der Waals surface area contributed by atoms with Gasteiger partial charge in [-0.2, -0.15) is 0 Å². The molecule has 0 radical (unpaired) electrons. The van der Waals surface area contributed by atoms with Crippen molar-refractivity contribution in [1.29, 1.82) is 0 Å². The van der Waals surface area contributed by atoms with E-state index in [-0.39, 0.29) is 36.5 Å². The Morgan fingerprint density at radius 1 is 1.27 bits per heavy atom. The van der Waals surface area contributed by atoms with Crippen LogP contribution in [0, 0.1) is 17.5 Å². The van der Waals surface area contributed by atoms with E-state index in [9.17, 15) is 27.6 Å². The van der Waals surface area contributed by atoms with E-state index in [1.807, 2.05) is 6.92 Å². The minimum atomic E-state index is -1.65. The molecule has 4 amide bonds. The Morgan fingerprint density at radius 2 is 1.90 bits per heavy atom. The number of nitrogens with one attached hydrogen (secondary N) is 1. The van der Waals surface area contributed by atoms with Crippen molar-refractivity contribution in [2.45, 2.75) is 38.8 Å². The predicted molar refractivity (Wildman–Crippen MR) is 99.6 cm³/mol. The van der Waals surface area contributed by atoms with Crippen LogP contribution in [0.1, 0.15) is 26.7 Å². The SMILES string of the molecule is CC[C@H]1CN(C(=O)C2=C(N)C[C@H](C)N(C(=O)Nc3cc(F)c(F)c(F)c3)C2)C(=O)O1. The van der Waals surface area contributed by atoms with E-state index in [0.717, 1.165) is 4.90 Å². The number of halogens is 3. The fourth-order valence-electron chi connectivity index (χ4n) is 3.34. The summed E-state index contributed by atoms with van der Waals surface area (Å²) in [5.74, 6) is -5.20. The van der Waals surface area contributed by atoms with E-state index in [1.54, 1.807) is 6.92 Å². The van der Waals surface area contributed by atoms with Crippen LogP contribution in [0.3, 0.4) is 0 Å². The van der Waals surface area contributed by atoms with Crippen molar-refractivity contribution in [3.63, 3.8) is 0 Å². The monoisotopic (exact) mass is 426 g/mol. The van der Waals surface area contributed by atoms with Gasteiger partial charge >= 0.3 is 12.1 Å². The Balaban J connectivity index is 1.77. The van der Waals surface area contributed by atoms with Crippen molar-refractivity contribution in [3.05, 3.63) is 40.9 Å². The molecule has 11 heteroatoms. The van der Waals surface area contributed by atoms with Crippen molar-refractivity contribution >= 4 is 23.7 Å². The molecule has 3 N–H and O–H groups in total. The number of amides is 4. The van der Waals surface area contributed by atoms with E-state index in [0.29, 0.717) is 18.6 Å². The highest BCUT2D eigenvalue weighted by Gasteiger charge is 2.39. The third-order valence-corrected chi connectivity index (χ3v) is 5.09. The van der Waals surface area contributed by atoms with Gasteiger partial charge in [-0.05, 0) is 13.3 Å². The Bertz CT molecular complexity index is 913. The van der Waals surface area contributed by atoms with Gasteiger partial charge in [0.2, 0.25) is 0 Å². The molecule has 1 fully saturated rings. The second-order valence-electron chi connectivity index (χ2n) is 7.20. The van der Waals surface area contributed by atoms with Crippen LogP contribution < -0.4 is 11.1 Å². The molecule has 2 aliphatic rings. The van der Waals surface area contributed by atoms with Crippen LogP contribution in [0.5, 0.6) is 0 Å². The number of benzene rings is 1. The molecule has 2 aliphatic heterocycles. The van der Waals surface area contributed by atoms with Crippen LogP contribution in [0.2, 0.25) is 0 Å². The third kappa shape index (κ3) is 4.05. The second kappa shape index (κ2) is 8.25. The van der Waals surface area contributed by atoms with Crippen molar-refractivity contribution in [3.8, 4) is 0 Å². The van der Waals surface area contributed by atoms with Crippen LogP contribution >= 0.6 is 0 Å². The van der Waals surface area contributed by atoms with Crippen LogP contribution in [0.15, 0.2) is 23.4 Å². The molecule has 2 heterocycles. The van der Waals surface area contributed by atoms with Gasteiger partial charge in [0.05, 0.1) is 18.7 Å². The predicted octanol–water partition coefficient (Wildman–Crippen LogP) is 2.70. The van der Waals surface area contributed by atoms with Crippen LogP contribution in [-0.4, -0.2) is 53.1 Å². The van der Waals surface area contributed by atoms with E-state index < -0.39 is 47.6 Å². The zero-order valence-corrected chi connectivity index (χ0v) is 16.4. The van der Waals surface area contributed by atoms with E-state index in [4.69, 9.17) is 10.5 Å². The lowest BCUT2D eigenvalue weighted by Crippen LogP contribution is -2.49. The minimum Gasteiger partial charge on any atom is -0.444 e. The largest absolute Gasteiger partial charge is 0.444 e. The van der Waals surface area contributed by atoms with E-state index >= 15 is 0 Å². The zero-order valence-electron chi connectivity index (χ0n) is 16.4. The molecule has 0 aromatic heterocycles. The summed E-state index contributed by atoms with van der Waals surface area (Å²) >= 11 is 0. The number of hydrogen-bond donors (Lipinski definition) is 2. The highest BCUT2D eigenvalue weighted by atomic mass is 19.2. The smallest absolute Gasteiger partial charge is 0.417 e. The summed E-state index contributed by atoms with van der Waals surface area (Å²) < 4.78 is 45.0. The van der Waals surface area contributed by atoms with Crippen molar-refractivity contribution in [2.24, 2.45) is 5.73 Å². The fourth-order valence-corrected chi connectivity index (χ4v) is 3.34. The van der Waals surface area contributed by atoms with Crippen LogP contribution in [-0.2, 0) is 9.53 Å². The first-order valence-corrected chi connectivity index (χ1v) is 9.34. The number of urea groups is 1.